The van der Waals surface area contributed by atoms with Crippen LogP contribution in [0.15, 0.2) is 182 Å². The molecule has 0 saturated heterocycles. The van der Waals surface area contributed by atoms with Gasteiger partial charge in [0.05, 0.1) is 16.6 Å². The summed E-state index contributed by atoms with van der Waals surface area (Å²) in [4.78, 5) is 13.2. The molecule has 2 heterocycles. The fourth-order valence-corrected chi connectivity index (χ4v) is 7.03. The second kappa shape index (κ2) is 11.4. The van der Waals surface area contributed by atoms with Gasteiger partial charge in [-0.3, -0.25) is 4.79 Å². The van der Waals surface area contributed by atoms with Gasteiger partial charge in [-0.05, 0) is 82.9 Å². The van der Waals surface area contributed by atoms with Crippen molar-refractivity contribution in [2.24, 2.45) is 0 Å². The molecule has 7 aromatic carbocycles. The lowest BCUT2D eigenvalue weighted by Crippen LogP contribution is -2.02. The number of benzene rings is 7. The summed E-state index contributed by atoms with van der Waals surface area (Å²) in [5.41, 5.74) is 11.6. The van der Waals surface area contributed by atoms with E-state index in [1.165, 1.54) is 38.4 Å². The monoisotopic (exact) mass is 614 g/mol. The molecule has 48 heavy (non-hydrogen) atoms. The van der Waals surface area contributed by atoms with Crippen LogP contribution in [0.2, 0.25) is 0 Å². The van der Waals surface area contributed by atoms with E-state index in [-0.39, 0.29) is 5.78 Å². The topological polar surface area (TPSA) is 26.9 Å². The lowest BCUT2D eigenvalue weighted by atomic mass is 9.98. The highest BCUT2D eigenvalue weighted by Gasteiger charge is 2.18. The number of carbonyl (C=O) groups excluding carboxylic acids is 1. The number of hydrogen-bond acceptors (Lipinski definition) is 1. The molecule has 9 aromatic rings. The Labute approximate surface area is 278 Å². The Balaban J connectivity index is 1.23. The summed E-state index contributed by atoms with van der Waals surface area (Å²) in [6.07, 6.45) is 2.19. The number of aromatic nitrogens is 2. The molecule has 0 fully saturated rings. The van der Waals surface area contributed by atoms with Crippen LogP contribution in [0.5, 0.6) is 0 Å². The number of hydrogen-bond donors (Lipinski definition) is 0. The molecule has 226 valence electrons. The molecular weight excluding hydrogens is 585 g/mol. The van der Waals surface area contributed by atoms with Gasteiger partial charge in [-0.25, -0.2) is 0 Å². The van der Waals surface area contributed by atoms with Crippen molar-refractivity contribution in [3.63, 3.8) is 0 Å². The van der Waals surface area contributed by atoms with E-state index in [1.54, 1.807) is 0 Å². The molecule has 3 nitrogen and oxygen atoms in total. The molecule has 3 heteroatoms. The van der Waals surface area contributed by atoms with Crippen molar-refractivity contribution in [3.05, 3.63) is 193 Å². The maximum Gasteiger partial charge on any atom is 0.193 e. The first-order valence-corrected chi connectivity index (χ1v) is 16.2. The van der Waals surface area contributed by atoms with E-state index in [9.17, 15) is 4.79 Å². The third-order valence-electron chi connectivity index (χ3n) is 9.34. The molecule has 0 spiro atoms. The van der Waals surface area contributed by atoms with Gasteiger partial charge in [-0.15, -0.1) is 0 Å². The molecule has 0 unspecified atom stereocenters. The summed E-state index contributed by atoms with van der Waals surface area (Å²) in [5, 5.41) is 3.56. The summed E-state index contributed by atoms with van der Waals surface area (Å²) in [5.74, 6) is 0.0245. The fraction of sp³-hybridized carbons (Fsp3) is 0. The number of fused-ring (bicyclic) bond motifs is 5. The molecule has 0 radical (unpaired) electrons. The first-order chi connectivity index (χ1) is 23.7. The fourth-order valence-electron chi connectivity index (χ4n) is 7.03. The van der Waals surface area contributed by atoms with Crippen LogP contribution in [0.1, 0.15) is 15.9 Å². The molecule has 0 bridgehead atoms. The van der Waals surface area contributed by atoms with Gasteiger partial charge in [0, 0.05) is 44.9 Å². The Kier molecular flexibility index (Phi) is 6.62. The molecule has 0 aliphatic rings. The molecule has 0 saturated carbocycles. The average molecular weight is 615 g/mol. The number of rotatable bonds is 6. The van der Waals surface area contributed by atoms with Gasteiger partial charge in [-0.2, -0.15) is 0 Å². The summed E-state index contributed by atoms with van der Waals surface area (Å²) in [7, 11) is 0. The highest BCUT2D eigenvalue weighted by molar-refractivity contribution is 6.18. The van der Waals surface area contributed by atoms with Gasteiger partial charge < -0.3 is 9.13 Å². The summed E-state index contributed by atoms with van der Waals surface area (Å²) < 4.78 is 4.64. The highest BCUT2D eigenvalue weighted by atomic mass is 16.1. The molecule has 0 aliphatic carbocycles. The molecule has 0 amide bonds. The number of nitrogens with zero attached hydrogens (tertiary/aromatic N) is 2. The SMILES string of the molecule is O=C(c1ccccc1)c1ccc(-n2c3ccccc3c3ccc4c(ccn4-c4cc(-c5ccccc5)cc(-c5ccccc5)c4)c32)cc1. The van der Waals surface area contributed by atoms with Crippen LogP contribution in [0.4, 0.5) is 0 Å². The number of ketones is 1. The van der Waals surface area contributed by atoms with Crippen LogP contribution in [0, 0.1) is 0 Å². The van der Waals surface area contributed by atoms with Crippen LogP contribution in [0.3, 0.4) is 0 Å². The minimum absolute atomic E-state index is 0.0245. The molecule has 2 aromatic heterocycles. The van der Waals surface area contributed by atoms with Crippen molar-refractivity contribution in [1.82, 2.24) is 9.13 Å². The van der Waals surface area contributed by atoms with E-state index in [0.717, 1.165) is 27.9 Å². The predicted octanol–water partition coefficient (Wildman–Crippen LogP) is 11.3. The maximum absolute atomic E-state index is 13.2. The third-order valence-corrected chi connectivity index (χ3v) is 9.34. The van der Waals surface area contributed by atoms with E-state index in [0.29, 0.717) is 11.1 Å². The summed E-state index contributed by atoms with van der Waals surface area (Å²) >= 11 is 0. The Morgan fingerprint density at radius 1 is 0.396 bits per heavy atom. The molecule has 9 rings (SSSR count). The minimum atomic E-state index is 0.0245. The van der Waals surface area contributed by atoms with Crippen molar-refractivity contribution in [2.45, 2.75) is 0 Å². The minimum Gasteiger partial charge on any atom is -0.316 e. The van der Waals surface area contributed by atoms with Crippen LogP contribution in [-0.4, -0.2) is 14.9 Å². The largest absolute Gasteiger partial charge is 0.316 e. The van der Waals surface area contributed by atoms with E-state index in [1.807, 2.05) is 42.5 Å². The Morgan fingerprint density at radius 2 is 0.979 bits per heavy atom. The number of para-hydroxylation sites is 1. The maximum atomic E-state index is 13.2. The Hall–Kier alpha value is -6.45. The van der Waals surface area contributed by atoms with Crippen molar-refractivity contribution >= 4 is 38.5 Å². The summed E-state index contributed by atoms with van der Waals surface area (Å²) in [6.45, 7) is 0. The van der Waals surface area contributed by atoms with Crippen molar-refractivity contribution < 1.29 is 4.79 Å². The van der Waals surface area contributed by atoms with E-state index in [2.05, 4.69) is 149 Å². The van der Waals surface area contributed by atoms with E-state index < -0.39 is 0 Å². The lowest BCUT2D eigenvalue weighted by Gasteiger charge is -2.13. The van der Waals surface area contributed by atoms with Crippen LogP contribution in [-0.2, 0) is 0 Å². The predicted molar refractivity (Wildman–Crippen MR) is 198 cm³/mol. The van der Waals surface area contributed by atoms with Gasteiger partial charge in [0.2, 0.25) is 0 Å². The van der Waals surface area contributed by atoms with Gasteiger partial charge in [-0.1, -0.05) is 115 Å². The van der Waals surface area contributed by atoms with Gasteiger partial charge >= 0.3 is 0 Å². The zero-order valence-corrected chi connectivity index (χ0v) is 26.1. The van der Waals surface area contributed by atoms with Crippen molar-refractivity contribution in [1.29, 1.82) is 0 Å². The zero-order chi connectivity index (χ0) is 32.0. The lowest BCUT2D eigenvalue weighted by molar-refractivity contribution is 0.103. The summed E-state index contributed by atoms with van der Waals surface area (Å²) in [6, 6.07) is 60.8. The smallest absolute Gasteiger partial charge is 0.193 e. The zero-order valence-electron chi connectivity index (χ0n) is 26.1. The van der Waals surface area contributed by atoms with Crippen LogP contribution >= 0.6 is 0 Å². The van der Waals surface area contributed by atoms with E-state index >= 15 is 0 Å². The van der Waals surface area contributed by atoms with Gasteiger partial charge in [0.15, 0.2) is 5.78 Å². The second-order valence-corrected chi connectivity index (χ2v) is 12.2. The van der Waals surface area contributed by atoms with Crippen molar-refractivity contribution in [2.75, 3.05) is 0 Å². The highest BCUT2D eigenvalue weighted by Crippen LogP contribution is 2.38. The van der Waals surface area contributed by atoms with Crippen LogP contribution < -0.4 is 0 Å². The van der Waals surface area contributed by atoms with Crippen LogP contribution in [0.25, 0.3) is 66.3 Å². The third kappa shape index (κ3) is 4.64. The van der Waals surface area contributed by atoms with Gasteiger partial charge in [0.25, 0.3) is 0 Å². The van der Waals surface area contributed by atoms with E-state index in [4.69, 9.17) is 0 Å². The molecular formula is C45H30N2O. The van der Waals surface area contributed by atoms with Crippen molar-refractivity contribution in [3.8, 4) is 33.6 Å². The molecule has 0 N–H and O–H groups in total. The number of carbonyl (C=O) groups is 1. The molecule has 0 atom stereocenters. The Bertz CT molecular complexity index is 2540. The normalized spacial score (nSPS) is 11.4. The standard InChI is InChI=1S/C45H30N2O/c48-45(33-16-8-3-9-17-33)34-20-22-37(23-21-34)47-43-19-11-10-18-39(43)40-24-25-42-41(44(40)47)26-27-46(42)38-29-35(31-12-4-1-5-13-31)28-36(30-38)32-14-6-2-7-15-32/h1-30H. The van der Waals surface area contributed by atoms with Gasteiger partial charge in [0.1, 0.15) is 0 Å². The Morgan fingerprint density at radius 3 is 1.65 bits per heavy atom. The second-order valence-electron chi connectivity index (χ2n) is 12.2. The quantitative estimate of drug-likeness (QED) is 0.171. The average Bonchev–Trinajstić information content (AvgIpc) is 3.75. The first kappa shape index (κ1) is 27.8. The first-order valence-electron chi connectivity index (χ1n) is 16.2. The molecule has 0 aliphatic heterocycles.